The first-order valence-corrected chi connectivity index (χ1v) is 5.66. The lowest BCUT2D eigenvalue weighted by molar-refractivity contribution is 0.253. The van der Waals surface area contributed by atoms with Gasteiger partial charge in [-0.2, -0.15) is 0 Å². The van der Waals surface area contributed by atoms with Crippen LogP contribution in [0.25, 0.3) is 0 Å². The number of hydrogen-bond acceptors (Lipinski definition) is 4. The lowest BCUT2D eigenvalue weighted by Crippen LogP contribution is -2.33. The monoisotopic (exact) mass is 258 g/mol. The Bertz CT molecular complexity index is 545. The zero-order chi connectivity index (χ0) is 13.5. The molecule has 2 amide bonds. The summed E-state index contributed by atoms with van der Waals surface area (Å²) in [6, 6.07) is 12.1. The Morgan fingerprint density at radius 2 is 1.95 bits per heavy atom. The zero-order valence-corrected chi connectivity index (χ0v) is 10.4. The van der Waals surface area contributed by atoms with Gasteiger partial charge in [0.1, 0.15) is 11.6 Å². The maximum atomic E-state index is 11.7. The van der Waals surface area contributed by atoms with Crippen molar-refractivity contribution in [2.45, 2.75) is 0 Å². The molecule has 0 fully saturated rings. The van der Waals surface area contributed by atoms with E-state index in [9.17, 15) is 4.79 Å². The number of methoxy groups -OCH3 is 1. The van der Waals surface area contributed by atoms with E-state index in [0.717, 1.165) is 0 Å². The predicted molar refractivity (Wildman–Crippen MR) is 73.0 cm³/mol. The van der Waals surface area contributed by atoms with Gasteiger partial charge in [-0.25, -0.2) is 9.78 Å². The first-order chi connectivity index (χ1) is 9.29. The molecule has 1 heterocycles. The van der Waals surface area contributed by atoms with Gasteiger partial charge in [0.2, 0.25) is 0 Å². The van der Waals surface area contributed by atoms with Crippen molar-refractivity contribution < 1.29 is 9.53 Å². The minimum Gasteiger partial charge on any atom is -0.495 e. The van der Waals surface area contributed by atoms with E-state index in [2.05, 4.69) is 21.2 Å². The van der Waals surface area contributed by atoms with Crippen LogP contribution in [-0.2, 0) is 0 Å². The Morgan fingerprint density at radius 3 is 2.68 bits per heavy atom. The average Bonchev–Trinajstić information content (AvgIpc) is 2.47. The molecule has 0 radical (unpaired) electrons. The lowest BCUT2D eigenvalue weighted by Gasteiger charge is -2.11. The van der Waals surface area contributed by atoms with Gasteiger partial charge in [0, 0.05) is 6.20 Å². The van der Waals surface area contributed by atoms with Crippen molar-refractivity contribution in [1.82, 2.24) is 10.4 Å². The van der Waals surface area contributed by atoms with Gasteiger partial charge in [-0.1, -0.05) is 18.2 Å². The van der Waals surface area contributed by atoms with Crippen LogP contribution in [0.2, 0.25) is 0 Å². The number of pyridine rings is 1. The van der Waals surface area contributed by atoms with E-state index >= 15 is 0 Å². The van der Waals surface area contributed by atoms with Crippen molar-refractivity contribution in [3.05, 3.63) is 48.7 Å². The molecule has 1 aromatic carbocycles. The summed E-state index contributed by atoms with van der Waals surface area (Å²) >= 11 is 0. The third kappa shape index (κ3) is 3.60. The van der Waals surface area contributed by atoms with E-state index in [-0.39, 0.29) is 0 Å². The van der Waals surface area contributed by atoms with Crippen molar-refractivity contribution in [1.29, 1.82) is 0 Å². The molecule has 3 N–H and O–H groups in total. The van der Waals surface area contributed by atoms with Crippen LogP contribution < -0.4 is 20.9 Å². The molecule has 0 bridgehead atoms. The molecular weight excluding hydrogens is 244 g/mol. The number of hydrogen-bond donors (Lipinski definition) is 3. The Kier molecular flexibility index (Phi) is 4.17. The molecule has 0 aliphatic carbocycles. The molecule has 0 saturated heterocycles. The molecule has 6 heteroatoms. The molecular formula is C13H14N4O2. The number of rotatable bonds is 4. The molecule has 0 saturated carbocycles. The number of ether oxygens (including phenoxy) is 1. The molecule has 2 aromatic rings. The molecule has 0 atom stereocenters. The number of carbonyl (C=O) groups is 1. The van der Waals surface area contributed by atoms with E-state index in [1.165, 1.54) is 0 Å². The standard InChI is InChI=1S/C13H14N4O2/c1-19-11-7-3-2-6-10(11)15-13(18)17-16-12-8-4-5-9-14-12/h2-9H,1H3,(H,14,16)(H2,15,17,18). The fraction of sp³-hybridized carbons (Fsp3) is 0.0769. The largest absolute Gasteiger partial charge is 0.495 e. The Balaban J connectivity index is 1.91. The highest BCUT2D eigenvalue weighted by Crippen LogP contribution is 2.22. The molecule has 19 heavy (non-hydrogen) atoms. The summed E-state index contributed by atoms with van der Waals surface area (Å²) in [6.07, 6.45) is 1.63. The van der Waals surface area contributed by atoms with Gasteiger partial charge in [0.25, 0.3) is 0 Å². The maximum absolute atomic E-state index is 11.7. The summed E-state index contributed by atoms with van der Waals surface area (Å²) in [7, 11) is 1.55. The Morgan fingerprint density at radius 1 is 1.16 bits per heavy atom. The summed E-state index contributed by atoms with van der Waals surface area (Å²) < 4.78 is 5.13. The summed E-state index contributed by atoms with van der Waals surface area (Å²) in [5.41, 5.74) is 5.76. The molecule has 0 aliphatic rings. The highest BCUT2D eigenvalue weighted by molar-refractivity contribution is 5.91. The fourth-order valence-electron chi connectivity index (χ4n) is 1.46. The molecule has 1 aromatic heterocycles. The van der Waals surface area contributed by atoms with E-state index < -0.39 is 6.03 Å². The molecule has 6 nitrogen and oxygen atoms in total. The van der Waals surface area contributed by atoms with Crippen molar-refractivity contribution in [3.8, 4) is 5.75 Å². The van der Waals surface area contributed by atoms with Gasteiger partial charge < -0.3 is 10.1 Å². The smallest absolute Gasteiger partial charge is 0.338 e. The van der Waals surface area contributed by atoms with Gasteiger partial charge in [-0.05, 0) is 24.3 Å². The number of aromatic nitrogens is 1. The van der Waals surface area contributed by atoms with Crippen LogP contribution in [0, 0.1) is 0 Å². The fourth-order valence-corrected chi connectivity index (χ4v) is 1.46. The van der Waals surface area contributed by atoms with Crippen LogP contribution in [0.1, 0.15) is 0 Å². The average molecular weight is 258 g/mol. The minimum absolute atomic E-state index is 0.407. The topological polar surface area (TPSA) is 75.3 Å². The van der Waals surface area contributed by atoms with Crippen LogP contribution in [0.15, 0.2) is 48.7 Å². The van der Waals surface area contributed by atoms with Crippen LogP contribution >= 0.6 is 0 Å². The number of nitrogens with zero attached hydrogens (tertiary/aromatic N) is 1. The summed E-state index contributed by atoms with van der Waals surface area (Å²) in [5.74, 6) is 1.15. The summed E-state index contributed by atoms with van der Waals surface area (Å²) in [5, 5.41) is 2.67. The molecule has 2 rings (SSSR count). The highest BCUT2D eigenvalue weighted by atomic mass is 16.5. The SMILES string of the molecule is COc1ccccc1NC(=O)NNc1ccccn1. The second kappa shape index (κ2) is 6.25. The van der Waals surface area contributed by atoms with E-state index in [4.69, 9.17) is 4.74 Å². The van der Waals surface area contributed by atoms with Gasteiger partial charge in [-0.15, -0.1) is 0 Å². The quantitative estimate of drug-likeness (QED) is 0.735. The Labute approximate surface area is 110 Å². The number of amides is 2. The number of benzene rings is 1. The predicted octanol–water partition coefficient (Wildman–Crippen LogP) is 2.24. The van der Waals surface area contributed by atoms with E-state index in [0.29, 0.717) is 17.3 Å². The number of urea groups is 1. The highest BCUT2D eigenvalue weighted by Gasteiger charge is 2.05. The first-order valence-electron chi connectivity index (χ1n) is 5.66. The minimum atomic E-state index is -0.407. The molecule has 0 aliphatic heterocycles. The number of hydrazine groups is 1. The molecule has 98 valence electrons. The third-order valence-electron chi connectivity index (χ3n) is 2.32. The lowest BCUT2D eigenvalue weighted by atomic mass is 10.3. The van der Waals surface area contributed by atoms with Crippen molar-refractivity contribution in [3.63, 3.8) is 0 Å². The van der Waals surface area contributed by atoms with Crippen LogP contribution in [0.3, 0.4) is 0 Å². The zero-order valence-electron chi connectivity index (χ0n) is 10.4. The van der Waals surface area contributed by atoms with Crippen LogP contribution in [0.4, 0.5) is 16.3 Å². The van der Waals surface area contributed by atoms with Gasteiger partial charge in [0.15, 0.2) is 0 Å². The second-order valence-corrected chi connectivity index (χ2v) is 3.62. The second-order valence-electron chi connectivity index (χ2n) is 3.62. The van der Waals surface area contributed by atoms with Crippen molar-refractivity contribution in [2.75, 3.05) is 17.9 Å². The summed E-state index contributed by atoms with van der Waals surface area (Å²) in [4.78, 5) is 15.7. The third-order valence-corrected chi connectivity index (χ3v) is 2.32. The van der Waals surface area contributed by atoms with Gasteiger partial charge >= 0.3 is 6.03 Å². The number of para-hydroxylation sites is 2. The van der Waals surface area contributed by atoms with Crippen LogP contribution in [0.5, 0.6) is 5.75 Å². The van der Waals surface area contributed by atoms with Crippen LogP contribution in [-0.4, -0.2) is 18.1 Å². The van der Waals surface area contributed by atoms with Crippen molar-refractivity contribution in [2.24, 2.45) is 0 Å². The molecule has 0 spiro atoms. The summed E-state index contributed by atoms with van der Waals surface area (Å²) in [6.45, 7) is 0. The molecule has 0 unspecified atom stereocenters. The maximum Gasteiger partial charge on any atom is 0.338 e. The number of anilines is 2. The van der Waals surface area contributed by atoms with E-state index in [1.807, 2.05) is 18.2 Å². The Hall–Kier alpha value is -2.76. The number of carbonyl (C=O) groups excluding carboxylic acids is 1. The number of nitrogens with one attached hydrogen (secondary N) is 3. The first kappa shape index (κ1) is 12.7. The normalized spacial score (nSPS) is 9.53. The van der Waals surface area contributed by atoms with Gasteiger partial charge in [-0.3, -0.25) is 10.9 Å². The van der Waals surface area contributed by atoms with E-state index in [1.54, 1.807) is 37.6 Å². The van der Waals surface area contributed by atoms with Crippen molar-refractivity contribution >= 4 is 17.5 Å². The van der Waals surface area contributed by atoms with Gasteiger partial charge in [0.05, 0.1) is 12.8 Å².